The van der Waals surface area contributed by atoms with Gasteiger partial charge in [-0.05, 0) is 42.0 Å². The van der Waals surface area contributed by atoms with Gasteiger partial charge in [0.2, 0.25) is 5.91 Å². The molecule has 1 heterocycles. The van der Waals surface area contributed by atoms with Crippen LogP contribution in [0.2, 0.25) is 5.02 Å². The molecule has 0 unspecified atom stereocenters. The van der Waals surface area contributed by atoms with Crippen LogP contribution in [0.15, 0.2) is 66.6 Å². The second-order valence-corrected chi connectivity index (χ2v) is 7.90. The van der Waals surface area contributed by atoms with E-state index in [4.69, 9.17) is 21.6 Å². The van der Waals surface area contributed by atoms with Crippen LogP contribution in [-0.2, 0) is 24.4 Å². The molecule has 0 saturated carbocycles. The minimum absolute atomic E-state index is 0.0327. The molecule has 0 spiro atoms. The molecule has 0 aliphatic rings. The molecule has 2 aromatic carbocycles. The van der Waals surface area contributed by atoms with Crippen LogP contribution in [0.3, 0.4) is 0 Å². The largest absolute Gasteiger partial charge is 0.486 e. The van der Waals surface area contributed by atoms with Crippen molar-refractivity contribution in [1.82, 2.24) is 9.88 Å². The number of thiazole rings is 1. The number of benzene rings is 2. The molecule has 0 aliphatic carbocycles. The molecule has 0 aliphatic heterocycles. The Hall–Kier alpha value is -3.14. The molecule has 1 aromatic heterocycles. The summed E-state index contributed by atoms with van der Waals surface area (Å²) in [4.78, 5) is 19.0. The third-order valence-corrected chi connectivity index (χ3v) is 5.39. The highest BCUT2D eigenvalue weighted by atomic mass is 35.5. The lowest BCUT2D eigenvalue weighted by atomic mass is 10.1. The normalized spacial score (nSPS) is 10.3. The first-order valence-electron chi connectivity index (χ1n) is 9.26. The van der Waals surface area contributed by atoms with Crippen LogP contribution in [0.5, 0.6) is 5.75 Å². The summed E-state index contributed by atoms with van der Waals surface area (Å²) >= 11 is 7.34. The highest BCUT2D eigenvalue weighted by Crippen LogP contribution is 2.19. The van der Waals surface area contributed by atoms with E-state index in [2.05, 4.69) is 17.6 Å². The number of ether oxygens (including phenoxy) is 1. The van der Waals surface area contributed by atoms with Crippen LogP contribution in [0.1, 0.15) is 21.8 Å². The van der Waals surface area contributed by atoms with Crippen molar-refractivity contribution >= 4 is 28.8 Å². The molecule has 7 heteroatoms. The number of nitriles is 1. The molecule has 30 heavy (non-hydrogen) atoms. The van der Waals surface area contributed by atoms with Gasteiger partial charge in [-0.2, -0.15) is 5.26 Å². The number of hydrogen-bond acceptors (Lipinski definition) is 5. The molecule has 0 N–H and O–H groups in total. The van der Waals surface area contributed by atoms with Crippen molar-refractivity contribution in [2.75, 3.05) is 6.54 Å². The van der Waals surface area contributed by atoms with E-state index in [1.165, 1.54) is 11.3 Å². The Bertz CT molecular complexity index is 1040. The molecule has 5 nitrogen and oxygen atoms in total. The molecule has 0 fully saturated rings. The van der Waals surface area contributed by atoms with Gasteiger partial charge in [-0.3, -0.25) is 4.79 Å². The SMILES string of the molecule is C=CCN(Cc1ccc(C#N)cc1)C(=O)Cc1csc(COc2ccc(Cl)cc2)n1. The number of halogens is 1. The summed E-state index contributed by atoms with van der Waals surface area (Å²) in [7, 11) is 0. The monoisotopic (exact) mass is 437 g/mol. The molecule has 152 valence electrons. The average molecular weight is 438 g/mol. The standard InChI is InChI=1S/C23H20ClN3O2S/c1-2-11-27(14-18-5-3-17(13-25)4-6-18)23(28)12-20-16-30-22(26-20)15-29-21-9-7-19(24)8-10-21/h2-10,16H,1,11-12,14-15H2. The van der Waals surface area contributed by atoms with E-state index in [9.17, 15) is 4.79 Å². The Morgan fingerprint density at radius 1 is 1.23 bits per heavy atom. The number of hydrogen-bond donors (Lipinski definition) is 0. The molecule has 0 bridgehead atoms. The Balaban J connectivity index is 1.58. The predicted octanol–water partition coefficient (Wildman–Crippen LogP) is 5.00. The number of amides is 1. The third-order valence-electron chi connectivity index (χ3n) is 4.27. The molecular weight excluding hydrogens is 418 g/mol. The fraction of sp³-hybridized carbons (Fsp3) is 0.174. The maximum absolute atomic E-state index is 12.8. The van der Waals surface area contributed by atoms with Crippen molar-refractivity contribution < 1.29 is 9.53 Å². The molecule has 1 amide bonds. The van der Waals surface area contributed by atoms with Crippen molar-refractivity contribution in [3.63, 3.8) is 0 Å². The van der Waals surface area contributed by atoms with Crippen LogP contribution < -0.4 is 4.74 Å². The topological polar surface area (TPSA) is 66.2 Å². The highest BCUT2D eigenvalue weighted by molar-refractivity contribution is 7.09. The van der Waals surface area contributed by atoms with E-state index in [-0.39, 0.29) is 12.3 Å². The summed E-state index contributed by atoms with van der Waals surface area (Å²) in [5.41, 5.74) is 2.27. The van der Waals surface area contributed by atoms with Gasteiger partial charge >= 0.3 is 0 Å². The second-order valence-electron chi connectivity index (χ2n) is 6.52. The summed E-state index contributed by atoms with van der Waals surface area (Å²) in [5.74, 6) is 0.682. The number of nitrogens with zero attached hydrogens (tertiary/aromatic N) is 3. The number of carbonyl (C=O) groups is 1. The van der Waals surface area contributed by atoms with Gasteiger partial charge in [0.25, 0.3) is 0 Å². The fourth-order valence-corrected chi connectivity index (χ4v) is 3.59. The molecule has 3 rings (SSSR count). The Morgan fingerprint density at radius 3 is 2.63 bits per heavy atom. The van der Waals surface area contributed by atoms with Gasteiger partial charge in [-0.1, -0.05) is 29.8 Å². The van der Waals surface area contributed by atoms with Crippen LogP contribution in [0.4, 0.5) is 0 Å². The van der Waals surface area contributed by atoms with Gasteiger partial charge in [0.05, 0.1) is 23.7 Å². The predicted molar refractivity (Wildman–Crippen MR) is 118 cm³/mol. The van der Waals surface area contributed by atoms with Crippen molar-refractivity contribution in [1.29, 1.82) is 5.26 Å². The summed E-state index contributed by atoms with van der Waals surface area (Å²) < 4.78 is 5.71. The Morgan fingerprint density at radius 2 is 1.97 bits per heavy atom. The zero-order valence-corrected chi connectivity index (χ0v) is 17.8. The zero-order valence-electron chi connectivity index (χ0n) is 16.3. The molecule has 0 radical (unpaired) electrons. The van der Waals surface area contributed by atoms with Gasteiger partial charge in [-0.25, -0.2) is 4.98 Å². The van der Waals surface area contributed by atoms with E-state index < -0.39 is 0 Å². The van der Waals surface area contributed by atoms with Gasteiger partial charge in [0.15, 0.2) is 0 Å². The lowest BCUT2D eigenvalue weighted by Crippen LogP contribution is -2.32. The molecule has 0 saturated heterocycles. The number of rotatable bonds is 9. The average Bonchev–Trinajstić information content (AvgIpc) is 3.21. The zero-order chi connectivity index (χ0) is 21.3. The summed E-state index contributed by atoms with van der Waals surface area (Å²) in [5, 5.41) is 12.3. The van der Waals surface area contributed by atoms with Gasteiger partial charge < -0.3 is 9.64 Å². The van der Waals surface area contributed by atoms with Crippen LogP contribution in [0.25, 0.3) is 0 Å². The first kappa shape index (κ1) is 21.6. The maximum Gasteiger partial charge on any atom is 0.229 e. The second kappa shape index (κ2) is 10.6. The van der Waals surface area contributed by atoms with Gasteiger partial charge in [-0.15, -0.1) is 17.9 Å². The Labute approximate surface area is 184 Å². The first-order valence-corrected chi connectivity index (χ1v) is 10.5. The smallest absolute Gasteiger partial charge is 0.229 e. The lowest BCUT2D eigenvalue weighted by Gasteiger charge is -2.21. The van der Waals surface area contributed by atoms with E-state index in [1.54, 1.807) is 47.4 Å². The Kier molecular flexibility index (Phi) is 7.61. The van der Waals surface area contributed by atoms with Crippen LogP contribution >= 0.6 is 22.9 Å². The van der Waals surface area contributed by atoms with E-state index in [1.807, 2.05) is 17.5 Å². The summed E-state index contributed by atoms with van der Waals surface area (Å²) in [6.45, 7) is 4.97. The lowest BCUT2D eigenvalue weighted by molar-refractivity contribution is -0.130. The number of carbonyl (C=O) groups excluding carboxylic acids is 1. The summed E-state index contributed by atoms with van der Waals surface area (Å²) in [6, 6.07) is 16.5. The van der Waals surface area contributed by atoms with Gasteiger partial charge in [0.1, 0.15) is 17.4 Å². The van der Waals surface area contributed by atoms with Crippen molar-refractivity contribution in [2.24, 2.45) is 0 Å². The third kappa shape index (κ3) is 6.18. The van der Waals surface area contributed by atoms with Crippen molar-refractivity contribution in [2.45, 2.75) is 19.6 Å². The summed E-state index contributed by atoms with van der Waals surface area (Å²) in [6.07, 6.45) is 1.91. The highest BCUT2D eigenvalue weighted by Gasteiger charge is 2.15. The van der Waals surface area contributed by atoms with Gasteiger partial charge in [0, 0.05) is 23.5 Å². The van der Waals surface area contributed by atoms with Crippen LogP contribution in [0, 0.1) is 11.3 Å². The van der Waals surface area contributed by atoms with Crippen LogP contribution in [-0.4, -0.2) is 22.3 Å². The minimum Gasteiger partial charge on any atom is -0.486 e. The van der Waals surface area contributed by atoms with Crippen molar-refractivity contribution in [3.8, 4) is 11.8 Å². The van der Waals surface area contributed by atoms with E-state index >= 15 is 0 Å². The fourth-order valence-electron chi connectivity index (χ4n) is 2.75. The van der Waals surface area contributed by atoms with E-state index in [0.29, 0.717) is 41.7 Å². The maximum atomic E-state index is 12.8. The quantitative estimate of drug-likeness (QED) is 0.441. The minimum atomic E-state index is -0.0327. The number of aromatic nitrogens is 1. The first-order chi connectivity index (χ1) is 14.6. The van der Waals surface area contributed by atoms with Crippen molar-refractivity contribution in [3.05, 3.63) is 93.4 Å². The van der Waals surface area contributed by atoms with E-state index in [0.717, 1.165) is 10.6 Å². The molecule has 3 aromatic rings. The molecule has 0 atom stereocenters. The molecular formula is C23H20ClN3O2S.